The zero-order valence-corrected chi connectivity index (χ0v) is 16.8. The number of carbonyl (C=O) groups is 4. The Morgan fingerprint density at radius 1 is 1.07 bits per heavy atom. The maximum Gasteiger partial charge on any atom is 0.344 e. The number of hydrogen-bond acceptors (Lipinski definition) is 7. The summed E-state index contributed by atoms with van der Waals surface area (Å²) in [6.45, 7) is 4.53. The lowest BCUT2D eigenvalue weighted by Crippen LogP contribution is -2.17. The second-order valence-electron chi connectivity index (χ2n) is 6.19. The number of aryl methyl sites for hydroxylation is 1. The van der Waals surface area contributed by atoms with E-state index in [-0.39, 0.29) is 53.8 Å². The van der Waals surface area contributed by atoms with E-state index >= 15 is 0 Å². The first kappa shape index (κ1) is 21.9. The quantitative estimate of drug-likeness (QED) is 0.505. The van der Waals surface area contributed by atoms with Gasteiger partial charge in [-0.05, 0) is 32.9 Å². The van der Waals surface area contributed by atoms with E-state index in [2.05, 4.69) is 5.32 Å². The number of ketones is 2. The van der Waals surface area contributed by atoms with Gasteiger partial charge in [0.05, 0.1) is 24.8 Å². The molecule has 29 heavy (non-hydrogen) atoms. The Labute approximate surface area is 168 Å². The zero-order valence-electron chi connectivity index (χ0n) is 16.8. The molecule has 0 saturated carbocycles. The van der Waals surface area contributed by atoms with Gasteiger partial charge in [0.15, 0.2) is 11.6 Å². The number of amides is 1. The number of anilines is 1. The number of benzene rings is 1. The Hall–Kier alpha value is -3.42. The summed E-state index contributed by atoms with van der Waals surface area (Å²) >= 11 is 0. The standard InChI is InChI=1S/C21H23NO7/c1-5-28-21(26)19-18(12(2)23)13(3)29-20(19)22-17(25)11-10-15(24)14-8-6-7-9-16(14)27-4/h6-9H,5,10-11H2,1-4H3,(H,22,25). The lowest BCUT2D eigenvalue weighted by Gasteiger charge is -2.08. The molecule has 0 unspecified atom stereocenters. The first-order chi connectivity index (χ1) is 13.8. The minimum Gasteiger partial charge on any atom is -0.496 e. The highest BCUT2D eigenvalue weighted by Gasteiger charge is 2.28. The number of rotatable bonds is 9. The summed E-state index contributed by atoms with van der Waals surface area (Å²) < 4.78 is 15.5. The van der Waals surface area contributed by atoms with Gasteiger partial charge >= 0.3 is 5.97 Å². The maximum atomic E-state index is 12.4. The molecule has 2 rings (SSSR count). The van der Waals surface area contributed by atoms with Crippen LogP contribution in [0.4, 0.5) is 5.88 Å². The fourth-order valence-electron chi connectivity index (χ4n) is 2.88. The summed E-state index contributed by atoms with van der Waals surface area (Å²) in [6, 6.07) is 6.72. The van der Waals surface area contributed by atoms with Gasteiger partial charge in [0.25, 0.3) is 0 Å². The number of methoxy groups -OCH3 is 1. The van der Waals surface area contributed by atoms with Gasteiger partial charge in [-0.15, -0.1) is 0 Å². The van der Waals surface area contributed by atoms with Crippen LogP contribution in [0, 0.1) is 6.92 Å². The first-order valence-corrected chi connectivity index (χ1v) is 9.07. The van der Waals surface area contributed by atoms with Gasteiger partial charge in [0, 0.05) is 12.8 Å². The van der Waals surface area contributed by atoms with Crippen LogP contribution >= 0.6 is 0 Å². The second-order valence-corrected chi connectivity index (χ2v) is 6.19. The van der Waals surface area contributed by atoms with Gasteiger partial charge in [-0.25, -0.2) is 4.79 Å². The number of hydrogen-bond donors (Lipinski definition) is 1. The van der Waals surface area contributed by atoms with Gasteiger partial charge in [0.1, 0.15) is 17.1 Å². The molecule has 1 amide bonds. The van der Waals surface area contributed by atoms with E-state index in [1.807, 2.05) is 0 Å². The zero-order chi connectivity index (χ0) is 21.6. The van der Waals surface area contributed by atoms with Crippen molar-refractivity contribution >= 4 is 29.3 Å². The molecule has 8 nitrogen and oxygen atoms in total. The van der Waals surface area contributed by atoms with Crippen LogP contribution in [0.2, 0.25) is 0 Å². The van der Waals surface area contributed by atoms with E-state index < -0.39 is 11.9 Å². The number of furan rings is 1. The third kappa shape index (κ3) is 5.10. The van der Waals surface area contributed by atoms with E-state index in [1.165, 1.54) is 21.0 Å². The lowest BCUT2D eigenvalue weighted by atomic mass is 10.1. The van der Waals surface area contributed by atoms with Crippen LogP contribution < -0.4 is 10.1 Å². The predicted octanol–water partition coefficient (Wildman–Crippen LogP) is 3.58. The van der Waals surface area contributed by atoms with Crippen molar-refractivity contribution < 1.29 is 33.1 Å². The molecule has 1 aromatic carbocycles. The third-order valence-corrected chi connectivity index (χ3v) is 4.16. The van der Waals surface area contributed by atoms with Crippen LogP contribution in [0.3, 0.4) is 0 Å². The molecule has 0 aliphatic rings. The highest BCUT2D eigenvalue weighted by atomic mass is 16.5. The van der Waals surface area contributed by atoms with Gasteiger partial charge in [-0.3, -0.25) is 19.7 Å². The summed E-state index contributed by atoms with van der Waals surface area (Å²) in [5.74, 6) is -1.50. The highest BCUT2D eigenvalue weighted by Crippen LogP contribution is 2.29. The maximum absolute atomic E-state index is 12.4. The summed E-state index contributed by atoms with van der Waals surface area (Å²) in [5, 5.41) is 2.46. The predicted molar refractivity (Wildman–Crippen MR) is 105 cm³/mol. The topological polar surface area (TPSA) is 112 Å². The van der Waals surface area contributed by atoms with Crippen molar-refractivity contribution in [3.63, 3.8) is 0 Å². The molecular formula is C21H23NO7. The van der Waals surface area contributed by atoms with Crippen LogP contribution in [-0.2, 0) is 9.53 Å². The SMILES string of the molecule is CCOC(=O)c1c(NC(=O)CCC(=O)c2ccccc2OC)oc(C)c1C(C)=O. The van der Waals surface area contributed by atoms with E-state index in [9.17, 15) is 19.2 Å². The molecule has 0 atom stereocenters. The summed E-state index contributed by atoms with van der Waals surface area (Å²) in [4.78, 5) is 48.9. The molecule has 0 radical (unpaired) electrons. The molecule has 0 bridgehead atoms. The molecule has 2 aromatic rings. The molecule has 1 heterocycles. The number of nitrogens with one attached hydrogen (secondary N) is 1. The Balaban J connectivity index is 2.14. The molecule has 0 spiro atoms. The van der Waals surface area contributed by atoms with Gasteiger partial charge in [-0.2, -0.15) is 0 Å². The van der Waals surface area contributed by atoms with Crippen molar-refractivity contribution in [1.82, 2.24) is 0 Å². The van der Waals surface area contributed by atoms with Crippen LogP contribution in [0.1, 0.15) is 63.5 Å². The highest BCUT2D eigenvalue weighted by molar-refractivity contribution is 6.11. The van der Waals surface area contributed by atoms with Crippen molar-refractivity contribution in [2.24, 2.45) is 0 Å². The Morgan fingerprint density at radius 3 is 2.38 bits per heavy atom. The molecular weight excluding hydrogens is 378 g/mol. The van der Waals surface area contributed by atoms with Gasteiger partial charge in [-0.1, -0.05) is 12.1 Å². The number of esters is 1. The normalized spacial score (nSPS) is 10.3. The third-order valence-electron chi connectivity index (χ3n) is 4.16. The summed E-state index contributed by atoms with van der Waals surface area (Å²) in [6.07, 6.45) is -0.214. The fraction of sp³-hybridized carbons (Fsp3) is 0.333. The van der Waals surface area contributed by atoms with E-state index in [1.54, 1.807) is 31.2 Å². The average Bonchev–Trinajstić information content (AvgIpc) is 3.02. The number of Topliss-reactive ketones (excluding diaryl/α,β-unsaturated/α-hetero) is 2. The number of carbonyl (C=O) groups excluding carboxylic acids is 4. The van der Waals surface area contributed by atoms with E-state index in [0.717, 1.165) is 0 Å². The monoisotopic (exact) mass is 401 g/mol. The molecule has 8 heteroatoms. The van der Waals surface area contributed by atoms with Crippen LogP contribution in [0.15, 0.2) is 28.7 Å². The van der Waals surface area contributed by atoms with E-state index in [0.29, 0.717) is 11.3 Å². The molecule has 0 saturated heterocycles. The van der Waals surface area contributed by atoms with Crippen LogP contribution in [-0.4, -0.2) is 37.2 Å². The molecule has 154 valence electrons. The summed E-state index contributed by atoms with van der Waals surface area (Å²) in [5.41, 5.74) is 0.313. The average molecular weight is 401 g/mol. The van der Waals surface area contributed by atoms with Crippen molar-refractivity contribution in [3.8, 4) is 5.75 Å². The molecule has 0 aliphatic carbocycles. The van der Waals surface area contributed by atoms with Crippen molar-refractivity contribution in [2.45, 2.75) is 33.6 Å². The van der Waals surface area contributed by atoms with Crippen molar-refractivity contribution in [3.05, 3.63) is 46.7 Å². The van der Waals surface area contributed by atoms with E-state index in [4.69, 9.17) is 13.9 Å². The molecule has 0 aliphatic heterocycles. The second kappa shape index (κ2) is 9.68. The number of ether oxygens (including phenoxy) is 2. The smallest absolute Gasteiger partial charge is 0.344 e. The van der Waals surface area contributed by atoms with Crippen LogP contribution in [0.5, 0.6) is 5.75 Å². The Morgan fingerprint density at radius 2 is 1.76 bits per heavy atom. The Kier molecular flexibility index (Phi) is 7.30. The van der Waals surface area contributed by atoms with Gasteiger partial charge in [0.2, 0.25) is 11.8 Å². The minimum atomic E-state index is -0.769. The first-order valence-electron chi connectivity index (χ1n) is 9.07. The number of para-hydroxylation sites is 1. The van der Waals surface area contributed by atoms with Crippen molar-refractivity contribution in [1.29, 1.82) is 0 Å². The van der Waals surface area contributed by atoms with Crippen LogP contribution in [0.25, 0.3) is 0 Å². The fourth-order valence-corrected chi connectivity index (χ4v) is 2.88. The van der Waals surface area contributed by atoms with Gasteiger partial charge < -0.3 is 13.9 Å². The largest absolute Gasteiger partial charge is 0.496 e. The molecule has 1 N–H and O–H groups in total. The van der Waals surface area contributed by atoms with Crippen molar-refractivity contribution in [2.75, 3.05) is 19.0 Å². The lowest BCUT2D eigenvalue weighted by molar-refractivity contribution is -0.116. The summed E-state index contributed by atoms with van der Waals surface area (Å²) in [7, 11) is 1.46. The molecule has 1 aromatic heterocycles. The molecule has 0 fully saturated rings. The Bertz CT molecular complexity index is 943. The minimum absolute atomic E-state index is 0.0591.